The predicted octanol–water partition coefficient (Wildman–Crippen LogP) is -0.661. The maximum Gasteiger partial charge on any atom is 0.305 e. The lowest BCUT2D eigenvalue weighted by molar-refractivity contribution is -0.140. The summed E-state index contributed by atoms with van der Waals surface area (Å²) < 4.78 is 0. The van der Waals surface area contributed by atoms with E-state index in [0.717, 1.165) is 19.3 Å². The quantitative estimate of drug-likeness (QED) is 0.427. The molecule has 2 atom stereocenters. The van der Waals surface area contributed by atoms with Gasteiger partial charge in [-0.05, 0) is 6.42 Å². The molecule has 0 bridgehead atoms. The van der Waals surface area contributed by atoms with Gasteiger partial charge >= 0.3 is 5.97 Å². The highest BCUT2D eigenvalue weighted by Crippen LogP contribution is 2.01. The minimum Gasteiger partial charge on any atom is -0.481 e. The number of nitrogens with one attached hydrogen (secondary N) is 1. The smallest absolute Gasteiger partial charge is 0.305 e. The number of nitrogens with two attached hydrogens (primary N) is 2. The summed E-state index contributed by atoms with van der Waals surface area (Å²) in [5, 5.41) is 10.5. The van der Waals surface area contributed by atoms with Crippen LogP contribution in [0.15, 0.2) is 0 Å². The highest BCUT2D eigenvalue weighted by atomic mass is 16.4. The van der Waals surface area contributed by atoms with E-state index < -0.39 is 36.3 Å². The van der Waals surface area contributed by atoms with E-state index in [2.05, 4.69) is 0 Å². The van der Waals surface area contributed by atoms with Crippen LogP contribution in [0.4, 0.5) is 0 Å². The SMILES string of the molecule is CCCCCC(N)C(=O)NC(=O)[C@@H](N)CC(=O)O. The van der Waals surface area contributed by atoms with Gasteiger partial charge in [-0.25, -0.2) is 0 Å². The van der Waals surface area contributed by atoms with Gasteiger partial charge in [-0.2, -0.15) is 0 Å². The van der Waals surface area contributed by atoms with E-state index in [-0.39, 0.29) is 0 Å². The molecule has 0 fully saturated rings. The Kier molecular flexibility index (Phi) is 7.89. The van der Waals surface area contributed by atoms with Crippen molar-refractivity contribution in [1.29, 1.82) is 0 Å². The van der Waals surface area contributed by atoms with Crippen LogP contribution in [0, 0.1) is 0 Å². The fourth-order valence-corrected chi connectivity index (χ4v) is 1.33. The first-order valence-electron chi connectivity index (χ1n) is 5.96. The van der Waals surface area contributed by atoms with Gasteiger partial charge in [0.15, 0.2) is 0 Å². The molecule has 0 spiro atoms. The number of aliphatic carboxylic acids is 1. The summed E-state index contributed by atoms with van der Waals surface area (Å²) in [6, 6.07) is -2.01. The maximum absolute atomic E-state index is 11.5. The second kappa shape index (κ2) is 8.60. The number of carboxylic acids is 1. The van der Waals surface area contributed by atoms with Gasteiger partial charge in [0.05, 0.1) is 18.5 Å². The number of carbonyl (C=O) groups is 3. The average molecular weight is 259 g/mol. The van der Waals surface area contributed by atoms with Gasteiger partial charge in [-0.1, -0.05) is 26.2 Å². The zero-order chi connectivity index (χ0) is 14.1. The van der Waals surface area contributed by atoms with E-state index in [0.29, 0.717) is 6.42 Å². The summed E-state index contributed by atoms with van der Waals surface area (Å²) in [5.41, 5.74) is 10.9. The summed E-state index contributed by atoms with van der Waals surface area (Å²) in [6.07, 6.45) is 2.75. The fraction of sp³-hybridized carbons (Fsp3) is 0.727. The Morgan fingerprint density at radius 2 is 1.67 bits per heavy atom. The zero-order valence-corrected chi connectivity index (χ0v) is 10.5. The third-order valence-corrected chi connectivity index (χ3v) is 2.43. The number of amides is 2. The number of carbonyl (C=O) groups excluding carboxylic acids is 2. The Labute approximate surface area is 106 Å². The molecule has 7 heteroatoms. The lowest BCUT2D eigenvalue weighted by Crippen LogP contribution is -2.49. The van der Waals surface area contributed by atoms with Crippen LogP contribution in [-0.4, -0.2) is 35.0 Å². The summed E-state index contributed by atoms with van der Waals surface area (Å²) in [7, 11) is 0. The Bertz CT molecular complexity index is 307. The van der Waals surface area contributed by atoms with Crippen molar-refractivity contribution in [3.8, 4) is 0 Å². The number of unbranched alkanes of at least 4 members (excludes halogenated alkanes) is 2. The van der Waals surface area contributed by atoms with Crippen LogP contribution in [0.5, 0.6) is 0 Å². The molecule has 0 aliphatic rings. The molecule has 0 aliphatic heterocycles. The van der Waals surface area contributed by atoms with Gasteiger partial charge in [0.25, 0.3) is 0 Å². The number of carboxylic acid groups (broad SMARTS) is 1. The van der Waals surface area contributed by atoms with Crippen LogP contribution < -0.4 is 16.8 Å². The third kappa shape index (κ3) is 6.97. The van der Waals surface area contributed by atoms with E-state index in [1.54, 1.807) is 0 Å². The summed E-state index contributed by atoms with van der Waals surface area (Å²) >= 11 is 0. The molecule has 0 saturated carbocycles. The second-order valence-corrected chi connectivity index (χ2v) is 4.16. The van der Waals surface area contributed by atoms with Crippen LogP contribution in [0.1, 0.15) is 39.0 Å². The molecule has 7 nitrogen and oxygen atoms in total. The molecule has 6 N–H and O–H groups in total. The van der Waals surface area contributed by atoms with E-state index in [1.807, 2.05) is 12.2 Å². The molecule has 18 heavy (non-hydrogen) atoms. The van der Waals surface area contributed by atoms with Crippen molar-refractivity contribution >= 4 is 17.8 Å². The largest absolute Gasteiger partial charge is 0.481 e. The van der Waals surface area contributed by atoms with E-state index in [9.17, 15) is 14.4 Å². The first-order chi connectivity index (χ1) is 8.38. The van der Waals surface area contributed by atoms with Crippen molar-refractivity contribution in [3.05, 3.63) is 0 Å². The summed E-state index contributed by atoms with van der Waals surface area (Å²) in [6.45, 7) is 2.03. The molecule has 0 aromatic rings. The zero-order valence-electron chi connectivity index (χ0n) is 10.5. The number of hydrogen-bond donors (Lipinski definition) is 4. The molecule has 1 unspecified atom stereocenters. The predicted molar refractivity (Wildman–Crippen MR) is 65.5 cm³/mol. The van der Waals surface area contributed by atoms with Crippen molar-refractivity contribution in [2.75, 3.05) is 0 Å². The molecule has 0 heterocycles. The van der Waals surface area contributed by atoms with Crippen LogP contribution in [0.3, 0.4) is 0 Å². The van der Waals surface area contributed by atoms with Gasteiger partial charge in [0.2, 0.25) is 11.8 Å². The molecular formula is C11H21N3O4. The molecule has 2 amide bonds. The third-order valence-electron chi connectivity index (χ3n) is 2.43. The van der Waals surface area contributed by atoms with E-state index in [4.69, 9.17) is 16.6 Å². The van der Waals surface area contributed by atoms with E-state index >= 15 is 0 Å². The van der Waals surface area contributed by atoms with Crippen molar-refractivity contribution in [2.24, 2.45) is 11.5 Å². The Hall–Kier alpha value is -1.47. The van der Waals surface area contributed by atoms with Crippen molar-refractivity contribution in [1.82, 2.24) is 5.32 Å². The molecule has 0 saturated heterocycles. The van der Waals surface area contributed by atoms with Gasteiger partial charge in [-0.15, -0.1) is 0 Å². The molecular weight excluding hydrogens is 238 g/mol. The monoisotopic (exact) mass is 259 g/mol. The Morgan fingerprint density at radius 1 is 1.11 bits per heavy atom. The maximum atomic E-state index is 11.5. The first-order valence-corrected chi connectivity index (χ1v) is 5.96. The normalized spacial score (nSPS) is 13.7. The van der Waals surface area contributed by atoms with Gasteiger partial charge < -0.3 is 16.6 Å². The Morgan fingerprint density at radius 3 is 2.17 bits per heavy atom. The fourth-order valence-electron chi connectivity index (χ4n) is 1.33. The summed E-state index contributed by atoms with van der Waals surface area (Å²) in [4.78, 5) is 33.2. The standard InChI is InChI=1S/C11H21N3O4/c1-2-3-4-5-7(12)10(17)14-11(18)8(13)6-9(15)16/h7-8H,2-6,12-13H2,1H3,(H,15,16)(H,14,17,18)/t7?,8-/m0/s1. The second-order valence-electron chi connectivity index (χ2n) is 4.16. The number of rotatable bonds is 8. The molecule has 0 rings (SSSR count). The van der Waals surface area contributed by atoms with Crippen LogP contribution in [-0.2, 0) is 14.4 Å². The van der Waals surface area contributed by atoms with E-state index in [1.165, 1.54) is 0 Å². The summed E-state index contributed by atoms with van der Waals surface area (Å²) in [5.74, 6) is -2.62. The lowest BCUT2D eigenvalue weighted by Gasteiger charge is -2.13. The van der Waals surface area contributed by atoms with Crippen molar-refractivity contribution < 1.29 is 19.5 Å². The van der Waals surface area contributed by atoms with Gasteiger partial charge in [0.1, 0.15) is 0 Å². The van der Waals surface area contributed by atoms with Gasteiger partial charge in [0, 0.05) is 0 Å². The van der Waals surface area contributed by atoms with Gasteiger partial charge in [-0.3, -0.25) is 19.7 Å². The minimum absolute atomic E-state index is 0.487. The van der Waals surface area contributed by atoms with Crippen LogP contribution in [0.25, 0.3) is 0 Å². The molecule has 104 valence electrons. The molecule has 0 aliphatic carbocycles. The highest BCUT2D eigenvalue weighted by molar-refractivity contribution is 6.00. The molecule has 0 radical (unpaired) electrons. The molecule has 0 aromatic heterocycles. The highest BCUT2D eigenvalue weighted by Gasteiger charge is 2.21. The minimum atomic E-state index is -1.24. The lowest BCUT2D eigenvalue weighted by atomic mass is 10.1. The number of hydrogen-bond acceptors (Lipinski definition) is 5. The topological polar surface area (TPSA) is 136 Å². The van der Waals surface area contributed by atoms with Crippen molar-refractivity contribution in [3.63, 3.8) is 0 Å². The van der Waals surface area contributed by atoms with Crippen LogP contribution >= 0.6 is 0 Å². The number of imide groups is 1. The Balaban J connectivity index is 4.05. The van der Waals surface area contributed by atoms with Crippen LogP contribution in [0.2, 0.25) is 0 Å². The average Bonchev–Trinajstić information content (AvgIpc) is 2.28. The van der Waals surface area contributed by atoms with Crippen molar-refractivity contribution in [2.45, 2.75) is 51.1 Å². The first kappa shape index (κ1) is 16.5. The molecule has 0 aromatic carbocycles.